The van der Waals surface area contributed by atoms with E-state index < -0.39 is 11.5 Å². The Hall–Kier alpha value is -2.67. The third-order valence-electron chi connectivity index (χ3n) is 3.25. The van der Waals surface area contributed by atoms with Crippen LogP contribution < -0.4 is 10.9 Å². The van der Waals surface area contributed by atoms with Crippen LogP contribution >= 0.6 is 11.6 Å². The van der Waals surface area contributed by atoms with Crippen molar-refractivity contribution < 1.29 is 9.18 Å². The number of fused-ring (bicyclic) bond motifs is 1. The summed E-state index contributed by atoms with van der Waals surface area (Å²) in [6.45, 7) is 0.271. The lowest BCUT2D eigenvalue weighted by molar-refractivity contribution is 0.0952. The molecule has 6 nitrogen and oxygen atoms in total. The Kier molecular flexibility index (Phi) is 4.12. The summed E-state index contributed by atoms with van der Waals surface area (Å²) in [5.74, 6) is -0.247. The van der Waals surface area contributed by atoms with E-state index in [4.69, 9.17) is 11.6 Å². The second-order valence-electron chi connectivity index (χ2n) is 4.91. The van der Waals surface area contributed by atoms with Crippen molar-refractivity contribution in [2.75, 3.05) is 6.54 Å². The number of carbonyl (C=O) groups is 1. The summed E-state index contributed by atoms with van der Waals surface area (Å²) < 4.78 is 13.1. The number of imidazole rings is 1. The average molecular weight is 335 g/mol. The molecule has 0 aliphatic carbocycles. The van der Waals surface area contributed by atoms with Crippen molar-refractivity contribution in [2.45, 2.75) is 6.42 Å². The van der Waals surface area contributed by atoms with Gasteiger partial charge in [0.2, 0.25) is 0 Å². The average Bonchev–Trinajstić information content (AvgIpc) is 2.91. The van der Waals surface area contributed by atoms with Crippen LogP contribution in [0.3, 0.4) is 0 Å². The van der Waals surface area contributed by atoms with Gasteiger partial charge in [0, 0.05) is 19.2 Å². The second kappa shape index (κ2) is 6.21. The molecule has 3 rings (SSSR count). The summed E-state index contributed by atoms with van der Waals surface area (Å²) in [7, 11) is 0. The molecule has 3 N–H and O–H groups in total. The third-order valence-corrected chi connectivity index (χ3v) is 3.47. The van der Waals surface area contributed by atoms with Crippen molar-refractivity contribution >= 4 is 28.5 Å². The van der Waals surface area contributed by atoms with E-state index in [2.05, 4.69) is 20.3 Å². The van der Waals surface area contributed by atoms with Crippen molar-refractivity contribution in [3.63, 3.8) is 0 Å². The van der Waals surface area contributed by atoms with Crippen molar-refractivity contribution in [2.24, 2.45) is 0 Å². The van der Waals surface area contributed by atoms with Crippen LogP contribution in [0.5, 0.6) is 0 Å². The molecule has 118 valence electrons. The lowest BCUT2D eigenvalue weighted by Gasteiger charge is -2.03. The van der Waals surface area contributed by atoms with Gasteiger partial charge in [-0.05, 0) is 24.3 Å². The van der Waals surface area contributed by atoms with Crippen LogP contribution in [0.4, 0.5) is 4.39 Å². The minimum absolute atomic E-state index is 0.0517. The standard InChI is InChI=1S/C15H12ClFN4O2/c16-8-5-10(15(23)19-7-8)14(22)18-4-3-13-20-11-2-1-9(17)6-12(11)21-13/h1-2,5-7H,3-4H2,(H,18,22)(H,19,23)(H,20,21). The molecule has 0 spiro atoms. The summed E-state index contributed by atoms with van der Waals surface area (Å²) in [5.41, 5.74) is 0.687. The highest BCUT2D eigenvalue weighted by Gasteiger charge is 2.11. The van der Waals surface area contributed by atoms with E-state index in [-0.39, 0.29) is 22.9 Å². The van der Waals surface area contributed by atoms with Crippen molar-refractivity contribution in [3.05, 3.63) is 63.0 Å². The highest BCUT2D eigenvalue weighted by atomic mass is 35.5. The first-order valence-corrected chi connectivity index (χ1v) is 7.21. The van der Waals surface area contributed by atoms with Gasteiger partial charge in [0.05, 0.1) is 16.1 Å². The highest BCUT2D eigenvalue weighted by molar-refractivity contribution is 6.30. The van der Waals surface area contributed by atoms with Gasteiger partial charge >= 0.3 is 0 Å². The monoisotopic (exact) mass is 334 g/mol. The Bertz CT molecular complexity index is 935. The number of benzene rings is 1. The van der Waals surface area contributed by atoms with Crippen molar-refractivity contribution in [1.82, 2.24) is 20.3 Å². The number of rotatable bonds is 4. The summed E-state index contributed by atoms with van der Waals surface area (Å²) >= 11 is 5.75. The van der Waals surface area contributed by atoms with E-state index in [1.165, 1.54) is 24.4 Å². The van der Waals surface area contributed by atoms with Crippen LogP contribution in [-0.2, 0) is 6.42 Å². The van der Waals surface area contributed by atoms with Gasteiger partial charge in [-0.15, -0.1) is 0 Å². The van der Waals surface area contributed by atoms with Crippen LogP contribution in [0.25, 0.3) is 11.0 Å². The fraction of sp³-hybridized carbons (Fsp3) is 0.133. The minimum atomic E-state index is -0.518. The molecule has 0 bridgehead atoms. The smallest absolute Gasteiger partial charge is 0.260 e. The third kappa shape index (κ3) is 3.40. The Morgan fingerprint density at radius 1 is 1.35 bits per heavy atom. The molecule has 8 heteroatoms. The Balaban J connectivity index is 1.65. The van der Waals surface area contributed by atoms with Crippen molar-refractivity contribution in [1.29, 1.82) is 0 Å². The number of aromatic nitrogens is 3. The van der Waals surface area contributed by atoms with Gasteiger partial charge in [-0.25, -0.2) is 9.37 Å². The van der Waals surface area contributed by atoms with Gasteiger partial charge in [0.15, 0.2) is 0 Å². The van der Waals surface area contributed by atoms with Crippen LogP contribution in [0.2, 0.25) is 5.02 Å². The first kappa shape index (κ1) is 15.2. The van der Waals surface area contributed by atoms with E-state index in [0.717, 1.165) is 0 Å². The minimum Gasteiger partial charge on any atom is -0.351 e. The summed E-state index contributed by atoms with van der Waals surface area (Å²) in [6.07, 6.45) is 1.73. The fourth-order valence-electron chi connectivity index (χ4n) is 2.17. The molecule has 0 aliphatic rings. The number of halogens is 2. The largest absolute Gasteiger partial charge is 0.351 e. The van der Waals surface area contributed by atoms with Gasteiger partial charge in [-0.3, -0.25) is 9.59 Å². The van der Waals surface area contributed by atoms with Gasteiger partial charge < -0.3 is 15.3 Å². The van der Waals surface area contributed by atoms with E-state index in [1.807, 2.05) is 0 Å². The van der Waals surface area contributed by atoms with E-state index in [0.29, 0.717) is 23.3 Å². The lowest BCUT2D eigenvalue weighted by Crippen LogP contribution is -2.31. The number of amides is 1. The SMILES string of the molecule is O=C(NCCc1nc2ccc(F)cc2[nH]1)c1cc(Cl)c[nH]c1=O. The van der Waals surface area contributed by atoms with E-state index in [1.54, 1.807) is 6.07 Å². The molecular weight excluding hydrogens is 323 g/mol. The molecular formula is C15H12ClFN4O2. The van der Waals surface area contributed by atoms with Crippen LogP contribution in [0.15, 0.2) is 35.3 Å². The number of hydrogen-bond donors (Lipinski definition) is 3. The molecule has 0 fully saturated rings. The van der Waals surface area contributed by atoms with Gasteiger partial charge in [-0.2, -0.15) is 0 Å². The lowest BCUT2D eigenvalue weighted by atomic mass is 10.2. The maximum absolute atomic E-state index is 13.1. The summed E-state index contributed by atoms with van der Waals surface area (Å²) in [5, 5.41) is 2.89. The highest BCUT2D eigenvalue weighted by Crippen LogP contribution is 2.13. The first-order chi connectivity index (χ1) is 11.0. The Morgan fingerprint density at radius 3 is 3.00 bits per heavy atom. The van der Waals surface area contributed by atoms with Crippen LogP contribution in [0.1, 0.15) is 16.2 Å². The second-order valence-corrected chi connectivity index (χ2v) is 5.35. The molecule has 0 saturated heterocycles. The number of nitrogens with one attached hydrogen (secondary N) is 3. The number of pyridine rings is 1. The van der Waals surface area contributed by atoms with Crippen LogP contribution in [0, 0.1) is 5.82 Å². The quantitative estimate of drug-likeness (QED) is 0.681. The van der Waals surface area contributed by atoms with Gasteiger partial charge in [0.25, 0.3) is 11.5 Å². The molecule has 0 aliphatic heterocycles. The molecule has 0 unspecified atom stereocenters. The molecule has 2 heterocycles. The predicted octanol–water partition coefficient (Wildman–Crippen LogP) is 2.02. The normalized spacial score (nSPS) is 10.9. The molecule has 23 heavy (non-hydrogen) atoms. The molecule has 3 aromatic rings. The molecule has 1 amide bonds. The van der Waals surface area contributed by atoms with Gasteiger partial charge in [-0.1, -0.05) is 11.6 Å². The fourth-order valence-corrected chi connectivity index (χ4v) is 2.33. The summed E-state index contributed by atoms with van der Waals surface area (Å²) in [6, 6.07) is 5.57. The zero-order valence-electron chi connectivity index (χ0n) is 11.8. The Labute approximate surface area is 134 Å². The van der Waals surface area contributed by atoms with Crippen molar-refractivity contribution in [3.8, 4) is 0 Å². The number of nitrogens with zero attached hydrogens (tertiary/aromatic N) is 1. The molecule has 1 aromatic carbocycles. The summed E-state index contributed by atoms with van der Waals surface area (Å²) in [4.78, 5) is 33.2. The topological polar surface area (TPSA) is 90.6 Å². The number of carbonyl (C=O) groups excluding carboxylic acids is 1. The number of H-pyrrole nitrogens is 2. The molecule has 0 atom stereocenters. The number of aromatic amines is 2. The number of hydrogen-bond acceptors (Lipinski definition) is 3. The molecule has 0 saturated carbocycles. The first-order valence-electron chi connectivity index (χ1n) is 6.83. The maximum atomic E-state index is 13.1. The van der Waals surface area contributed by atoms with E-state index in [9.17, 15) is 14.0 Å². The van der Waals surface area contributed by atoms with Crippen LogP contribution in [-0.4, -0.2) is 27.4 Å². The molecule has 0 radical (unpaired) electrons. The Morgan fingerprint density at radius 2 is 2.17 bits per heavy atom. The van der Waals surface area contributed by atoms with Gasteiger partial charge in [0.1, 0.15) is 17.2 Å². The van der Waals surface area contributed by atoms with E-state index >= 15 is 0 Å². The zero-order valence-corrected chi connectivity index (χ0v) is 12.6. The predicted molar refractivity (Wildman–Crippen MR) is 84.2 cm³/mol. The maximum Gasteiger partial charge on any atom is 0.260 e. The zero-order chi connectivity index (χ0) is 16.4. The molecule has 2 aromatic heterocycles.